The van der Waals surface area contributed by atoms with Crippen LogP contribution in [0, 0.1) is 5.82 Å². The Morgan fingerprint density at radius 1 is 1.19 bits per heavy atom. The summed E-state index contributed by atoms with van der Waals surface area (Å²) in [6, 6.07) is 9.90. The third-order valence-corrected chi connectivity index (χ3v) is 4.73. The second-order valence-electron chi connectivity index (χ2n) is 6.60. The van der Waals surface area contributed by atoms with Gasteiger partial charge in [-0.25, -0.2) is 4.39 Å². The van der Waals surface area contributed by atoms with Gasteiger partial charge in [0.15, 0.2) is 5.17 Å². The van der Waals surface area contributed by atoms with E-state index in [9.17, 15) is 9.18 Å². The minimum absolute atomic E-state index is 0.0258. The number of hydrogen-bond donors (Lipinski definition) is 0. The molecule has 0 atom stereocenters. The number of carbonyl (C=O) groups excluding carboxylic acids is 1. The fraction of sp³-hybridized carbons (Fsp3) is 0.300. The molecule has 0 bridgehead atoms. The number of hydrogen-bond acceptors (Lipinski definition) is 4. The maximum absolute atomic E-state index is 13.4. The molecule has 1 aromatic heterocycles. The fourth-order valence-corrected chi connectivity index (χ4v) is 3.82. The molecule has 0 unspecified atom stereocenters. The molecule has 0 N–H and O–H groups in total. The zero-order chi connectivity index (χ0) is 18.8. The fourth-order valence-electron chi connectivity index (χ4n) is 2.61. The van der Waals surface area contributed by atoms with E-state index in [1.807, 2.05) is 27.7 Å². The van der Waals surface area contributed by atoms with E-state index in [0.29, 0.717) is 27.2 Å². The van der Waals surface area contributed by atoms with E-state index in [1.54, 1.807) is 35.2 Å². The van der Waals surface area contributed by atoms with Gasteiger partial charge in [0.25, 0.3) is 5.91 Å². The van der Waals surface area contributed by atoms with Gasteiger partial charge in [-0.2, -0.15) is 0 Å². The number of amidine groups is 1. The first kappa shape index (κ1) is 18.5. The molecule has 26 heavy (non-hydrogen) atoms. The highest BCUT2D eigenvalue weighted by Crippen LogP contribution is 2.35. The third-order valence-electron chi connectivity index (χ3n) is 3.73. The van der Waals surface area contributed by atoms with Gasteiger partial charge in [0.05, 0.1) is 4.91 Å². The molecule has 0 aliphatic carbocycles. The average molecular weight is 372 g/mol. The minimum atomic E-state index is -0.317. The Balaban J connectivity index is 1.90. The number of nitrogens with zero attached hydrogens (tertiary/aromatic N) is 2. The summed E-state index contributed by atoms with van der Waals surface area (Å²) in [6.45, 7) is 7.89. The van der Waals surface area contributed by atoms with E-state index in [0.717, 1.165) is 0 Å². The van der Waals surface area contributed by atoms with Crippen LogP contribution in [0.1, 0.15) is 33.5 Å². The normalized spacial score (nSPS) is 18.1. The van der Waals surface area contributed by atoms with Gasteiger partial charge in [-0.3, -0.25) is 14.7 Å². The lowest BCUT2D eigenvalue weighted by atomic mass is 10.2. The quantitative estimate of drug-likeness (QED) is 0.695. The molecule has 1 aromatic carbocycles. The lowest BCUT2D eigenvalue weighted by Crippen LogP contribution is -2.35. The first-order valence-electron chi connectivity index (χ1n) is 8.52. The van der Waals surface area contributed by atoms with Gasteiger partial charge in [-0.1, -0.05) is 12.1 Å². The van der Waals surface area contributed by atoms with Crippen molar-refractivity contribution in [2.24, 2.45) is 4.99 Å². The molecule has 0 saturated carbocycles. The number of thioether (sulfide) groups is 1. The average Bonchev–Trinajstić information content (AvgIpc) is 3.12. The second-order valence-corrected chi connectivity index (χ2v) is 7.61. The first-order valence-corrected chi connectivity index (χ1v) is 9.33. The Bertz CT molecular complexity index is 883. The summed E-state index contributed by atoms with van der Waals surface area (Å²) in [5, 5.41) is 0.711. The van der Waals surface area contributed by atoms with Gasteiger partial charge >= 0.3 is 0 Å². The lowest BCUT2D eigenvalue weighted by Gasteiger charge is -2.20. The van der Waals surface area contributed by atoms with Gasteiger partial charge < -0.3 is 4.42 Å². The van der Waals surface area contributed by atoms with E-state index < -0.39 is 0 Å². The van der Waals surface area contributed by atoms with Gasteiger partial charge in [0.1, 0.15) is 17.3 Å². The van der Waals surface area contributed by atoms with E-state index in [-0.39, 0.29) is 23.8 Å². The van der Waals surface area contributed by atoms with Crippen LogP contribution in [0.15, 0.2) is 50.7 Å². The van der Waals surface area contributed by atoms with E-state index in [4.69, 9.17) is 4.42 Å². The maximum atomic E-state index is 13.4. The summed E-state index contributed by atoms with van der Waals surface area (Å²) < 4.78 is 19.2. The van der Waals surface area contributed by atoms with Gasteiger partial charge in [-0.15, -0.1) is 0 Å². The van der Waals surface area contributed by atoms with Crippen LogP contribution in [0.5, 0.6) is 0 Å². The molecule has 0 spiro atoms. The van der Waals surface area contributed by atoms with Crippen LogP contribution in [0.25, 0.3) is 17.4 Å². The first-order chi connectivity index (χ1) is 12.3. The number of rotatable bonds is 4. The summed E-state index contributed by atoms with van der Waals surface area (Å²) in [4.78, 5) is 19.6. The Kier molecular flexibility index (Phi) is 5.32. The number of halogens is 1. The van der Waals surface area contributed by atoms with Crippen LogP contribution in [0.3, 0.4) is 0 Å². The predicted molar refractivity (Wildman–Crippen MR) is 104 cm³/mol. The van der Waals surface area contributed by atoms with E-state index >= 15 is 0 Å². The molecular formula is C20H21FN2O2S. The largest absolute Gasteiger partial charge is 0.457 e. The summed E-state index contributed by atoms with van der Waals surface area (Å²) in [5.41, 5.74) is 0.658. The minimum Gasteiger partial charge on any atom is -0.457 e. The molecule has 1 fully saturated rings. The van der Waals surface area contributed by atoms with Crippen LogP contribution >= 0.6 is 11.8 Å². The van der Waals surface area contributed by atoms with Gasteiger partial charge in [0, 0.05) is 23.7 Å². The summed E-state index contributed by atoms with van der Waals surface area (Å²) >= 11 is 1.35. The highest BCUT2D eigenvalue weighted by Gasteiger charge is 2.35. The smallest absolute Gasteiger partial charge is 0.267 e. The molecule has 1 aliphatic rings. The summed E-state index contributed by atoms with van der Waals surface area (Å²) in [7, 11) is 0. The van der Waals surface area contributed by atoms with Crippen molar-refractivity contribution in [3.8, 4) is 11.3 Å². The molecule has 0 radical (unpaired) electrons. The van der Waals surface area contributed by atoms with Crippen LogP contribution in [0.4, 0.5) is 4.39 Å². The Morgan fingerprint density at radius 3 is 2.62 bits per heavy atom. The number of carbonyl (C=O) groups is 1. The molecule has 6 heteroatoms. The van der Waals surface area contributed by atoms with Crippen LogP contribution in [-0.2, 0) is 4.79 Å². The standard InChI is InChI=1S/C20H21FN2O2S/c1-12(2)22-20-23(13(3)4)19(24)18(26-20)11-16-8-9-17(25-16)14-6-5-7-15(21)10-14/h5-13H,1-4H3/b18-11+,22-20?. The van der Waals surface area contributed by atoms with Crippen molar-refractivity contribution in [1.82, 2.24) is 4.90 Å². The lowest BCUT2D eigenvalue weighted by molar-refractivity contribution is -0.123. The Morgan fingerprint density at radius 2 is 1.96 bits per heavy atom. The summed E-state index contributed by atoms with van der Waals surface area (Å²) in [5.74, 6) is 0.716. The van der Waals surface area contributed by atoms with Crippen molar-refractivity contribution < 1.29 is 13.6 Å². The Hall–Kier alpha value is -2.34. The monoisotopic (exact) mass is 372 g/mol. The number of benzene rings is 1. The number of aliphatic imine (C=N–C) groups is 1. The van der Waals surface area contributed by atoms with Crippen molar-refractivity contribution in [2.45, 2.75) is 39.8 Å². The van der Waals surface area contributed by atoms with Crippen molar-refractivity contribution in [3.05, 3.63) is 52.9 Å². The topological polar surface area (TPSA) is 45.8 Å². The van der Waals surface area contributed by atoms with Gasteiger partial charge in [-0.05, 0) is 63.7 Å². The van der Waals surface area contributed by atoms with Crippen molar-refractivity contribution in [2.75, 3.05) is 0 Å². The second kappa shape index (κ2) is 7.50. The molecule has 1 saturated heterocycles. The van der Waals surface area contributed by atoms with Crippen LogP contribution in [-0.4, -0.2) is 28.1 Å². The van der Waals surface area contributed by atoms with Gasteiger partial charge in [0.2, 0.25) is 0 Å². The van der Waals surface area contributed by atoms with E-state index in [1.165, 1.54) is 23.9 Å². The molecule has 4 nitrogen and oxygen atoms in total. The highest BCUT2D eigenvalue weighted by molar-refractivity contribution is 8.18. The number of amides is 1. The van der Waals surface area contributed by atoms with Crippen molar-refractivity contribution in [3.63, 3.8) is 0 Å². The molecule has 136 valence electrons. The predicted octanol–water partition coefficient (Wildman–Crippen LogP) is 5.17. The van der Waals surface area contributed by atoms with Crippen molar-refractivity contribution >= 4 is 28.9 Å². The third kappa shape index (κ3) is 3.90. The molecule has 1 amide bonds. The zero-order valence-corrected chi connectivity index (χ0v) is 16.0. The van der Waals surface area contributed by atoms with Crippen LogP contribution in [0.2, 0.25) is 0 Å². The van der Waals surface area contributed by atoms with E-state index in [2.05, 4.69) is 4.99 Å². The zero-order valence-electron chi connectivity index (χ0n) is 15.2. The SMILES string of the molecule is CC(C)N=C1S/C(=C/c2ccc(-c3cccc(F)c3)o2)C(=O)N1C(C)C. The molecular weight excluding hydrogens is 351 g/mol. The number of furan rings is 1. The van der Waals surface area contributed by atoms with Crippen molar-refractivity contribution in [1.29, 1.82) is 0 Å². The highest BCUT2D eigenvalue weighted by atomic mass is 32.2. The molecule has 2 aromatic rings. The Labute approximate surface area is 156 Å². The molecule has 3 rings (SSSR count). The van der Waals surface area contributed by atoms with Crippen LogP contribution < -0.4 is 0 Å². The maximum Gasteiger partial charge on any atom is 0.267 e. The molecule has 1 aliphatic heterocycles. The molecule has 2 heterocycles. The summed E-state index contributed by atoms with van der Waals surface area (Å²) in [6.07, 6.45) is 1.72.